The van der Waals surface area contributed by atoms with Crippen molar-refractivity contribution in [2.75, 3.05) is 12.3 Å². The predicted molar refractivity (Wildman–Crippen MR) is 82.7 cm³/mol. The highest BCUT2D eigenvalue weighted by molar-refractivity contribution is 6.31. The standard InChI is InChI=1S/C16H17ClN2O/c17-15-4-2-1-3-13(15)11-16(20)19-10-9-12-5-7-14(18)8-6-12/h1-8H,9-11,18H2,(H,19,20). The Labute approximate surface area is 123 Å². The lowest BCUT2D eigenvalue weighted by molar-refractivity contribution is -0.120. The van der Waals surface area contributed by atoms with Gasteiger partial charge in [-0.2, -0.15) is 0 Å². The minimum Gasteiger partial charge on any atom is -0.399 e. The molecule has 0 heterocycles. The minimum absolute atomic E-state index is 0.0199. The number of halogens is 1. The molecule has 2 aromatic carbocycles. The zero-order valence-corrected chi connectivity index (χ0v) is 11.9. The maximum atomic E-state index is 11.8. The number of benzene rings is 2. The van der Waals surface area contributed by atoms with E-state index in [0.717, 1.165) is 23.2 Å². The second kappa shape index (κ2) is 6.96. The van der Waals surface area contributed by atoms with Gasteiger partial charge in [-0.15, -0.1) is 0 Å². The fourth-order valence-electron chi connectivity index (χ4n) is 1.91. The van der Waals surface area contributed by atoms with Gasteiger partial charge < -0.3 is 11.1 Å². The molecule has 4 heteroatoms. The number of hydrogen-bond acceptors (Lipinski definition) is 2. The molecule has 0 saturated heterocycles. The number of carbonyl (C=O) groups is 1. The fourth-order valence-corrected chi connectivity index (χ4v) is 2.11. The van der Waals surface area contributed by atoms with Gasteiger partial charge in [-0.05, 0) is 35.7 Å². The van der Waals surface area contributed by atoms with Gasteiger partial charge in [0.2, 0.25) is 5.91 Å². The maximum Gasteiger partial charge on any atom is 0.224 e. The summed E-state index contributed by atoms with van der Waals surface area (Å²) in [4.78, 5) is 11.8. The normalized spacial score (nSPS) is 10.2. The van der Waals surface area contributed by atoms with Crippen molar-refractivity contribution in [3.8, 4) is 0 Å². The van der Waals surface area contributed by atoms with Gasteiger partial charge in [0.15, 0.2) is 0 Å². The molecule has 0 aliphatic rings. The van der Waals surface area contributed by atoms with Crippen LogP contribution in [-0.4, -0.2) is 12.5 Å². The molecule has 0 aliphatic carbocycles. The van der Waals surface area contributed by atoms with Crippen LogP contribution in [0.1, 0.15) is 11.1 Å². The van der Waals surface area contributed by atoms with E-state index in [2.05, 4.69) is 5.32 Å². The van der Waals surface area contributed by atoms with Crippen molar-refractivity contribution in [1.82, 2.24) is 5.32 Å². The lowest BCUT2D eigenvalue weighted by Gasteiger charge is -2.07. The van der Waals surface area contributed by atoms with E-state index in [1.165, 1.54) is 0 Å². The first-order valence-corrected chi connectivity index (χ1v) is 6.87. The summed E-state index contributed by atoms with van der Waals surface area (Å²) in [6, 6.07) is 15.0. The van der Waals surface area contributed by atoms with Crippen molar-refractivity contribution in [1.29, 1.82) is 0 Å². The molecule has 3 nitrogen and oxygen atoms in total. The van der Waals surface area contributed by atoms with Crippen molar-refractivity contribution in [3.05, 3.63) is 64.7 Å². The van der Waals surface area contributed by atoms with Gasteiger partial charge in [-0.3, -0.25) is 4.79 Å². The number of nitrogens with one attached hydrogen (secondary N) is 1. The highest BCUT2D eigenvalue weighted by Crippen LogP contribution is 2.15. The summed E-state index contributed by atoms with van der Waals surface area (Å²) in [5, 5.41) is 3.52. The van der Waals surface area contributed by atoms with Gasteiger partial charge in [0.05, 0.1) is 6.42 Å². The molecule has 0 spiro atoms. The lowest BCUT2D eigenvalue weighted by atomic mass is 10.1. The lowest BCUT2D eigenvalue weighted by Crippen LogP contribution is -2.27. The van der Waals surface area contributed by atoms with Crippen molar-refractivity contribution < 1.29 is 4.79 Å². The van der Waals surface area contributed by atoms with Crippen molar-refractivity contribution in [2.45, 2.75) is 12.8 Å². The molecular formula is C16H17ClN2O. The van der Waals surface area contributed by atoms with Crippen molar-refractivity contribution >= 4 is 23.2 Å². The Morgan fingerprint density at radius 2 is 1.80 bits per heavy atom. The van der Waals surface area contributed by atoms with E-state index in [4.69, 9.17) is 17.3 Å². The molecule has 0 aromatic heterocycles. The molecule has 0 bridgehead atoms. The molecule has 2 rings (SSSR count). The summed E-state index contributed by atoms with van der Waals surface area (Å²) >= 11 is 6.02. The fraction of sp³-hybridized carbons (Fsp3) is 0.188. The largest absolute Gasteiger partial charge is 0.399 e. The Kier molecular flexibility index (Phi) is 5.02. The van der Waals surface area contributed by atoms with Crippen LogP contribution in [0.2, 0.25) is 5.02 Å². The number of nitrogen functional groups attached to an aromatic ring is 1. The first-order chi connectivity index (χ1) is 9.65. The minimum atomic E-state index is -0.0199. The molecule has 0 fully saturated rings. The SMILES string of the molecule is Nc1ccc(CCNC(=O)Cc2ccccc2Cl)cc1. The Balaban J connectivity index is 1.78. The Hall–Kier alpha value is -2.00. The third-order valence-corrected chi connectivity index (χ3v) is 3.39. The van der Waals surface area contributed by atoms with E-state index < -0.39 is 0 Å². The Bertz CT molecular complexity index is 581. The summed E-state index contributed by atoms with van der Waals surface area (Å²) in [6.45, 7) is 0.604. The summed E-state index contributed by atoms with van der Waals surface area (Å²) in [6.07, 6.45) is 1.09. The molecule has 20 heavy (non-hydrogen) atoms. The average Bonchev–Trinajstić information content (AvgIpc) is 2.44. The molecule has 0 radical (unpaired) electrons. The Morgan fingerprint density at radius 3 is 2.50 bits per heavy atom. The van der Waals surface area contributed by atoms with E-state index in [1.54, 1.807) is 6.07 Å². The van der Waals surface area contributed by atoms with Crippen LogP contribution in [0.4, 0.5) is 5.69 Å². The van der Waals surface area contributed by atoms with Crippen LogP contribution in [-0.2, 0) is 17.6 Å². The van der Waals surface area contributed by atoms with Gasteiger partial charge in [-0.25, -0.2) is 0 Å². The van der Waals surface area contributed by atoms with Gasteiger partial charge in [0, 0.05) is 17.3 Å². The van der Waals surface area contributed by atoms with Crippen LogP contribution in [0.3, 0.4) is 0 Å². The zero-order chi connectivity index (χ0) is 14.4. The van der Waals surface area contributed by atoms with E-state index >= 15 is 0 Å². The predicted octanol–water partition coefficient (Wildman–Crippen LogP) is 2.82. The summed E-state index contributed by atoms with van der Waals surface area (Å²) in [5.41, 5.74) is 8.36. The van der Waals surface area contributed by atoms with Crippen LogP contribution in [0, 0.1) is 0 Å². The van der Waals surface area contributed by atoms with Crippen LogP contribution in [0.5, 0.6) is 0 Å². The summed E-state index contributed by atoms with van der Waals surface area (Å²) < 4.78 is 0. The van der Waals surface area contributed by atoms with Crippen molar-refractivity contribution in [3.63, 3.8) is 0 Å². The second-order valence-corrected chi connectivity index (χ2v) is 5.02. The number of amides is 1. The average molecular weight is 289 g/mol. The highest BCUT2D eigenvalue weighted by Gasteiger charge is 2.05. The van der Waals surface area contributed by atoms with Crippen LogP contribution in [0.25, 0.3) is 0 Å². The number of rotatable bonds is 5. The molecule has 0 unspecified atom stereocenters. The quantitative estimate of drug-likeness (QED) is 0.831. The number of nitrogens with two attached hydrogens (primary N) is 1. The van der Waals surface area contributed by atoms with Crippen molar-refractivity contribution in [2.24, 2.45) is 0 Å². The topological polar surface area (TPSA) is 55.1 Å². The first-order valence-electron chi connectivity index (χ1n) is 6.49. The molecule has 104 valence electrons. The van der Waals surface area contributed by atoms with Crippen LogP contribution in [0.15, 0.2) is 48.5 Å². The molecular weight excluding hydrogens is 272 g/mol. The number of hydrogen-bond donors (Lipinski definition) is 2. The van der Waals surface area contributed by atoms with E-state index in [1.807, 2.05) is 42.5 Å². The Morgan fingerprint density at radius 1 is 1.10 bits per heavy atom. The van der Waals surface area contributed by atoms with E-state index in [0.29, 0.717) is 18.0 Å². The smallest absolute Gasteiger partial charge is 0.224 e. The van der Waals surface area contributed by atoms with Crippen LogP contribution < -0.4 is 11.1 Å². The first kappa shape index (κ1) is 14.4. The summed E-state index contributed by atoms with van der Waals surface area (Å²) in [5.74, 6) is -0.0199. The highest BCUT2D eigenvalue weighted by atomic mass is 35.5. The number of anilines is 1. The number of carbonyl (C=O) groups excluding carboxylic acids is 1. The van der Waals surface area contributed by atoms with Gasteiger partial charge in [0.25, 0.3) is 0 Å². The third-order valence-electron chi connectivity index (χ3n) is 3.02. The molecule has 0 aliphatic heterocycles. The van der Waals surface area contributed by atoms with Gasteiger partial charge in [0.1, 0.15) is 0 Å². The molecule has 3 N–H and O–H groups in total. The van der Waals surface area contributed by atoms with E-state index in [-0.39, 0.29) is 5.91 Å². The monoisotopic (exact) mass is 288 g/mol. The second-order valence-electron chi connectivity index (χ2n) is 4.61. The third kappa shape index (κ3) is 4.28. The summed E-state index contributed by atoms with van der Waals surface area (Å²) in [7, 11) is 0. The maximum absolute atomic E-state index is 11.8. The van der Waals surface area contributed by atoms with E-state index in [9.17, 15) is 4.79 Å². The van der Waals surface area contributed by atoms with Gasteiger partial charge in [-0.1, -0.05) is 41.9 Å². The molecule has 2 aromatic rings. The van der Waals surface area contributed by atoms with Gasteiger partial charge >= 0.3 is 0 Å². The molecule has 1 amide bonds. The molecule has 0 saturated carbocycles. The zero-order valence-electron chi connectivity index (χ0n) is 11.1. The molecule has 0 atom stereocenters. The van der Waals surface area contributed by atoms with Crippen LogP contribution >= 0.6 is 11.6 Å².